The SMILES string of the molecule is O=C(C(Sc1nc(CN2CCOCC2)nc2ccccc12)c1ccccc1)N1CCOCC1. The minimum absolute atomic E-state index is 0.104. The summed E-state index contributed by atoms with van der Waals surface area (Å²) in [7, 11) is 0. The second-order valence-corrected chi connectivity index (χ2v) is 9.29. The van der Waals surface area contributed by atoms with Crippen LogP contribution in [0.2, 0.25) is 0 Å². The van der Waals surface area contributed by atoms with E-state index in [4.69, 9.17) is 19.4 Å². The maximum absolute atomic E-state index is 13.6. The lowest BCUT2D eigenvalue weighted by Gasteiger charge is -2.30. The molecular formula is C25H28N4O3S. The number of rotatable bonds is 6. The molecule has 2 aromatic carbocycles. The molecular weight excluding hydrogens is 436 g/mol. The van der Waals surface area contributed by atoms with Crippen LogP contribution < -0.4 is 0 Å². The molecule has 0 saturated carbocycles. The summed E-state index contributed by atoms with van der Waals surface area (Å²) in [5.74, 6) is 0.885. The fraction of sp³-hybridized carbons (Fsp3) is 0.400. The summed E-state index contributed by atoms with van der Waals surface area (Å²) in [6, 6.07) is 18.0. The molecule has 2 fully saturated rings. The third kappa shape index (κ3) is 5.35. The van der Waals surface area contributed by atoms with Crippen LogP contribution >= 0.6 is 11.8 Å². The van der Waals surface area contributed by atoms with Gasteiger partial charge in [0.25, 0.3) is 0 Å². The van der Waals surface area contributed by atoms with Crippen molar-refractivity contribution >= 4 is 28.6 Å². The number of nitrogens with zero attached hydrogens (tertiary/aromatic N) is 4. The van der Waals surface area contributed by atoms with Gasteiger partial charge in [0, 0.05) is 31.6 Å². The van der Waals surface area contributed by atoms with Gasteiger partial charge in [0.15, 0.2) is 0 Å². The molecule has 0 spiro atoms. The predicted molar refractivity (Wildman–Crippen MR) is 128 cm³/mol. The number of morpholine rings is 2. The molecule has 2 aliphatic heterocycles. The predicted octanol–water partition coefficient (Wildman–Crippen LogP) is 3.15. The molecule has 5 rings (SSSR count). The monoisotopic (exact) mass is 464 g/mol. The van der Waals surface area contributed by atoms with Crippen molar-refractivity contribution in [2.45, 2.75) is 16.8 Å². The molecule has 3 heterocycles. The van der Waals surface area contributed by atoms with Crippen molar-refractivity contribution < 1.29 is 14.3 Å². The zero-order chi connectivity index (χ0) is 22.5. The smallest absolute Gasteiger partial charge is 0.240 e. The number of aromatic nitrogens is 2. The van der Waals surface area contributed by atoms with Crippen molar-refractivity contribution in [3.8, 4) is 0 Å². The van der Waals surface area contributed by atoms with Crippen LogP contribution in [0, 0.1) is 0 Å². The largest absolute Gasteiger partial charge is 0.379 e. The van der Waals surface area contributed by atoms with Gasteiger partial charge in [-0.05, 0) is 11.6 Å². The Morgan fingerprint density at radius 2 is 1.55 bits per heavy atom. The molecule has 1 amide bonds. The van der Waals surface area contributed by atoms with Gasteiger partial charge in [-0.2, -0.15) is 0 Å². The Kier molecular flexibility index (Phi) is 7.16. The molecule has 1 unspecified atom stereocenters. The van der Waals surface area contributed by atoms with Crippen molar-refractivity contribution in [2.75, 3.05) is 52.6 Å². The van der Waals surface area contributed by atoms with Crippen LogP contribution in [0.15, 0.2) is 59.6 Å². The number of ether oxygens (including phenoxy) is 2. The molecule has 3 aromatic rings. The molecule has 0 bridgehead atoms. The molecule has 7 nitrogen and oxygen atoms in total. The van der Waals surface area contributed by atoms with Crippen LogP contribution in [0.3, 0.4) is 0 Å². The summed E-state index contributed by atoms with van der Waals surface area (Å²) in [6.45, 7) is 6.30. The van der Waals surface area contributed by atoms with Crippen molar-refractivity contribution in [1.29, 1.82) is 0 Å². The van der Waals surface area contributed by atoms with Gasteiger partial charge in [-0.1, -0.05) is 60.3 Å². The lowest BCUT2D eigenvalue weighted by atomic mass is 10.1. The zero-order valence-electron chi connectivity index (χ0n) is 18.6. The minimum atomic E-state index is -0.376. The molecule has 1 aromatic heterocycles. The fourth-order valence-electron chi connectivity index (χ4n) is 4.16. The van der Waals surface area contributed by atoms with Crippen LogP contribution in [0.4, 0.5) is 0 Å². The van der Waals surface area contributed by atoms with Crippen molar-refractivity contribution in [3.05, 3.63) is 66.0 Å². The first-order valence-corrected chi connectivity index (χ1v) is 12.3. The first-order chi connectivity index (χ1) is 16.3. The van der Waals surface area contributed by atoms with E-state index in [1.165, 1.54) is 11.8 Å². The van der Waals surface area contributed by atoms with Crippen molar-refractivity contribution in [3.63, 3.8) is 0 Å². The van der Waals surface area contributed by atoms with Gasteiger partial charge in [-0.25, -0.2) is 9.97 Å². The highest BCUT2D eigenvalue weighted by molar-refractivity contribution is 8.00. The Hall–Kier alpha value is -2.52. The number of carbonyl (C=O) groups is 1. The molecule has 0 N–H and O–H groups in total. The molecule has 0 radical (unpaired) electrons. The highest BCUT2D eigenvalue weighted by Gasteiger charge is 2.29. The van der Waals surface area contributed by atoms with Gasteiger partial charge in [-0.3, -0.25) is 9.69 Å². The summed E-state index contributed by atoms with van der Waals surface area (Å²) < 4.78 is 10.9. The third-order valence-corrected chi connectivity index (χ3v) is 7.21. The second-order valence-electron chi connectivity index (χ2n) is 8.20. The minimum Gasteiger partial charge on any atom is -0.379 e. The number of amides is 1. The van der Waals surface area contributed by atoms with Crippen LogP contribution in [-0.2, 0) is 20.8 Å². The number of carbonyl (C=O) groups excluding carboxylic acids is 1. The maximum atomic E-state index is 13.6. The second kappa shape index (κ2) is 10.6. The van der Waals surface area contributed by atoms with E-state index in [9.17, 15) is 4.79 Å². The topological polar surface area (TPSA) is 67.8 Å². The van der Waals surface area contributed by atoms with Crippen molar-refractivity contribution in [2.24, 2.45) is 0 Å². The lowest BCUT2D eigenvalue weighted by Crippen LogP contribution is -2.42. The summed E-state index contributed by atoms with van der Waals surface area (Å²) in [5.41, 5.74) is 1.89. The van der Waals surface area contributed by atoms with Crippen LogP contribution in [0.25, 0.3) is 10.9 Å². The number of hydrogen-bond donors (Lipinski definition) is 0. The highest BCUT2D eigenvalue weighted by Crippen LogP contribution is 2.39. The van der Waals surface area contributed by atoms with E-state index in [1.54, 1.807) is 0 Å². The van der Waals surface area contributed by atoms with Crippen LogP contribution in [0.1, 0.15) is 16.6 Å². The number of benzene rings is 2. The molecule has 0 aliphatic carbocycles. The Bertz CT molecular complexity index is 1090. The Balaban J connectivity index is 1.49. The van der Waals surface area contributed by atoms with E-state index in [-0.39, 0.29) is 11.2 Å². The van der Waals surface area contributed by atoms with Crippen LogP contribution in [-0.4, -0.2) is 78.3 Å². The normalized spacial score (nSPS) is 18.4. The van der Waals surface area contributed by atoms with Gasteiger partial charge in [0.2, 0.25) is 5.91 Å². The molecule has 33 heavy (non-hydrogen) atoms. The Morgan fingerprint density at radius 3 is 2.30 bits per heavy atom. The quantitative estimate of drug-likeness (QED) is 0.410. The lowest BCUT2D eigenvalue weighted by molar-refractivity contribution is -0.134. The highest BCUT2D eigenvalue weighted by atomic mass is 32.2. The Labute approximate surface area is 198 Å². The summed E-state index contributed by atoms with van der Waals surface area (Å²) in [6.07, 6.45) is 0. The molecule has 172 valence electrons. The van der Waals surface area contributed by atoms with E-state index in [0.29, 0.717) is 32.8 Å². The van der Waals surface area contributed by atoms with Crippen LogP contribution in [0.5, 0.6) is 0 Å². The molecule has 2 aliphatic rings. The van der Waals surface area contributed by atoms with Gasteiger partial charge < -0.3 is 14.4 Å². The van der Waals surface area contributed by atoms with E-state index in [0.717, 1.165) is 53.6 Å². The van der Waals surface area contributed by atoms with E-state index < -0.39 is 0 Å². The summed E-state index contributed by atoms with van der Waals surface area (Å²) in [4.78, 5) is 27.6. The number of thioether (sulfide) groups is 1. The standard InChI is InChI=1S/C25H28N4O3S/c30-25(29-12-16-32-17-13-29)23(19-6-2-1-3-7-19)33-24-20-8-4-5-9-21(20)26-22(27-24)18-28-10-14-31-15-11-28/h1-9,23H,10-18H2. The number of fused-ring (bicyclic) bond motifs is 1. The Morgan fingerprint density at radius 1 is 0.879 bits per heavy atom. The van der Waals surface area contributed by atoms with Crippen molar-refractivity contribution in [1.82, 2.24) is 19.8 Å². The average Bonchev–Trinajstić information content (AvgIpc) is 2.88. The van der Waals surface area contributed by atoms with Gasteiger partial charge in [0.05, 0.1) is 38.5 Å². The van der Waals surface area contributed by atoms with E-state index >= 15 is 0 Å². The first-order valence-electron chi connectivity index (χ1n) is 11.4. The molecule has 8 heteroatoms. The fourth-order valence-corrected chi connectivity index (χ4v) is 5.39. The van der Waals surface area contributed by atoms with Gasteiger partial charge in [0.1, 0.15) is 16.1 Å². The summed E-state index contributed by atoms with van der Waals surface area (Å²) in [5, 5.41) is 1.45. The summed E-state index contributed by atoms with van der Waals surface area (Å²) >= 11 is 1.52. The van der Waals surface area contributed by atoms with Gasteiger partial charge in [-0.15, -0.1) is 0 Å². The van der Waals surface area contributed by atoms with Gasteiger partial charge >= 0.3 is 0 Å². The number of hydrogen-bond acceptors (Lipinski definition) is 7. The number of para-hydroxylation sites is 1. The molecule has 2 saturated heterocycles. The average molecular weight is 465 g/mol. The van der Waals surface area contributed by atoms with E-state index in [2.05, 4.69) is 4.90 Å². The third-order valence-electron chi connectivity index (χ3n) is 5.96. The maximum Gasteiger partial charge on any atom is 0.240 e. The molecule has 1 atom stereocenters. The zero-order valence-corrected chi connectivity index (χ0v) is 19.4. The van der Waals surface area contributed by atoms with E-state index in [1.807, 2.05) is 59.5 Å². The first kappa shape index (κ1) is 22.3.